The molecule has 0 aliphatic carbocycles. The third-order valence-corrected chi connectivity index (χ3v) is 4.29. The third kappa shape index (κ3) is 2.51. The summed E-state index contributed by atoms with van der Waals surface area (Å²) in [4.78, 5) is 18.3. The summed E-state index contributed by atoms with van der Waals surface area (Å²) in [5.74, 6) is 1.14. The van der Waals surface area contributed by atoms with Crippen LogP contribution in [-0.4, -0.2) is 23.4 Å². The van der Waals surface area contributed by atoms with Gasteiger partial charge in [-0.3, -0.25) is 4.79 Å². The van der Waals surface area contributed by atoms with Crippen LogP contribution in [0.5, 0.6) is 0 Å². The van der Waals surface area contributed by atoms with Gasteiger partial charge in [0.2, 0.25) is 0 Å². The van der Waals surface area contributed by atoms with E-state index in [4.69, 9.17) is 0 Å². The average molecular weight is 297 g/mol. The van der Waals surface area contributed by atoms with Gasteiger partial charge in [-0.15, -0.1) is 0 Å². The monoisotopic (exact) mass is 296 g/mol. The Labute approximate surface area is 110 Å². The lowest BCUT2D eigenvalue weighted by Gasteiger charge is -2.35. The van der Waals surface area contributed by atoms with E-state index in [9.17, 15) is 4.79 Å². The summed E-state index contributed by atoms with van der Waals surface area (Å²) in [6.45, 7) is 4.63. The third-order valence-electron chi connectivity index (χ3n) is 3.31. The van der Waals surface area contributed by atoms with Crippen LogP contribution >= 0.6 is 15.9 Å². The van der Waals surface area contributed by atoms with E-state index in [0.717, 1.165) is 41.7 Å². The van der Waals surface area contributed by atoms with Crippen molar-refractivity contribution in [2.24, 2.45) is 0 Å². The molecule has 1 aliphatic heterocycles. The van der Waals surface area contributed by atoms with Crippen molar-refractivity contribution >= 4 is 27.5 Å². The highest BCUT2D eigenvalue weighted by Gasteiger charge is 2.28. The minimum Gasteiger partial charge on any atom is -0.346 e. The molecule has 0 saturated carbocycles. The van der Waals surface area contributed by atoms with Crippen molar-refractivity contribution in [3.63, 3.8) is 0 Å². The first-order valence-electron chi connectivity index (χ1n) is 5.99. The van der Waals surface area contributed by atoms with Gasteiger partial charge in [0, 0.05) is 12.7 Å². The highest BCUT2D eigenvalue weighted by atomic mass is 79.9. The number of anilines is 1. The van der Waals surface area contributed by atoms with E-state index in [1.807, 2.05) is 13.0 Å². The number of piperidine rings is 1. The maximum atomic E-state index is 11.7. The Morgan fingerprint density at radius 3 is 3.00 bits per heavy atom. The number of carbonyl (C=O) groups excluding carboxylic acids is 1. The second kappa shape index (κ2) is 5.17. The number of aromatic nitrogens is 1. The van der Waals surface area contributed by atoms with Crippen LogP contribution in [0.3, 0.4) is 0 Å². The minimum absolute atomic E-state index is 0.00523. The number of aryl methyl sites for hydroxylation is 1. The molecule has 2 rings (SSSR count). The molecule has 0 N–H and O–H groups in total. The van der Waals surface area contributed by atoms with Crippen molar-refractivity contribution in [3.05, 3.63) is 22.3 Å². The Kier molecular flexibility index (Phi) is 3.82. The van der Waals surface area contributed by atoms with Gasteiger partial charge in [0.05, 0.1) is 10.5 Å². The molecule has 1 unspecified atom stereocenters. The highest BCUT2D eigenvalue weighted by molar-refractivity contribution is 9.10. The second-order valence-electron chi connectivity index (χ2n) is 4.58. The molecular weight excluding hydrogens is 280 g/mol. The molecular formula is C13H17BrN2O. The second-order valence-corrected chi connectivity index (χ2v) is 5.37. The van der Waals surface area contributed by atoms with Crippen LogP contribution in [0.15, 0.2) is 16.7 Å². The average Bonchev–Trinajstić information content (AvgIpc) is 2.33. The van der Waals surface area contributed by atoms with Crippen molar-refractivity contribution in [1.82, 2.24) is 4.98 Å². The van der Waals surface area contributed by atoms with Gasteiger partial charge in [-0.1, -0.05) is 0 Å². The molecule has 3 nitrogen and oxygen atoms in total. The summed E-state index contributed by atoms with van der Waals surface area (Å²) < 4.78 is 1.01. The van der Waals surface area contributed by atoms with Crippen molar-refractivity contribution in [1.29, 1.82) is 0 Å². The first-order chi connectivity index (χ1) is 8.11. The Bertz CT molecular complexity index is 433. The van der Waals surface area contributed by atoms with E-state index in [2.05, 4.69) is 25.8 Å². The van der Waals surface area contributed by atoms with E-state index >= 15 is 0 Å². The normalized spacial score (nSPS) is 20.4. The van der Waals surface area contributed by atoms with Gasteiger partial charge in [0.1, 0.15) is 5.82 Å². The maximum Gasteiger partial charge on any atom is 0.152 e. The van der Waals surface area contributed by atoms with E-state index in [1.54, 1.807) is 13.1 Å². The van der Waals surface area contributed by atoms with Crippen LogP contribution in [0.1, 0.15) is 31.7 Å². The zero-order chi connectivity index (χ0) is 12.4. The zero-order valence-corrected chi connectivity index (χ0v) is 11.8. The minimum atomic E-state index is -0.00523. The molecule has 1 aliphatic rings. The van der Waals surface area contributed by atoms with Crippen molar-refractivity contribution < 1.29 is 4.79 Å². The molecule has 0 aromatic carbocycles. The first kappa shape index (κ1) is 12.6. The number of hydrogen-bond donors (Lipinski definition) is 0. The molecule has 0 amide bonds. The smallest absolute Gasteiger partial charge is 0.152 e. The number of ketones is 1. The van der Waals surface area contributed by atoms with Gasteiger partial charge >= 0.3 is 0 Å². The van der Waals surface area contributed by atoms with Crippen molar-refractivity contribution in [2.45, 2.75) is 39.2 Å². The number of carbonyl (C=O) groups is 1. The van der Waals surface area contributed by atoms with E-state index in [1.165, 1.54) is 0 Å². The largest absolute Gasteiger partial charge is 0.346 e. The standard InChI is InChI=1S/C13H17BrN2O/c1-9-6-7-15-13(12(9)14)16-8-4-3-5-11(16)10(2)17/h6-7,11H,3-5,8H2,1-2H3. The number of hydrogen-bond acceptors (Lipinski definition) is 3. The van der Waals surface area contributed by atoms with Crippen LogP contribution in [-0.2, 0) is 4.79 Å². The van der Waals surface area contributed by atoms with E-state index in [-0.39, 0.29) is 11.8 Å². The quantitative estimate of drug-likeness (QED) is 0.841. The van der Waals surface area contributed by atoms with Crippen LogP contribution in [0, 0.1) is 6.92 Å². The number of nitrogens with zero attached hydrogens (tertiary/aromatic N) is 2. The van der Waals surface area contributed by atoms with Crippen LogP contribution in [0.25, 0.3) is 0 Å². The fourth-order valence-corrected chi connectivity index (χ4v) is 2.80. The van der Waals surface area contributed by atoms with Crippen LogP contribution in [0.2, 0.25) is 0 Å². The highest BCUT2D eigenvalue weighted by Crippen LogP contribution is 2.31. The number of halogens is 1. The number of pyridine rings is 1. The van der Waals surface area contributed by atoms with Crippen LogP contribution in [0.4, 0.5) is 5.82 Å². The Balaban J connectivity index is 2.36. The molecule has 4 heteroatoms. The molecule has 1 aromatic heterocycles. The molecule has 0 bridgehead atoms. The van der Waals surface area contributed by atoms with Gasteiger partial charge in [-0.2, -0.15) is 0 Å². The van der Waals surface area contributed by atoms with Gasteiger partial charge in [-0.05, 0) is 60.7 Å². The molecule has 1 fully saturated rings. The van der Waals surface area contributed by atoms with E-state index in [0.29, 0.717) is 0 Å². The molecule has 1 aromatic rings. The molecule has 1 saturated heterocycles. The maximum absolute atomic E-state index is 11.7. The lowest BCUT2D eigenvalue weighted by molar-refractivity contribution is -0.118. The van der Waals surface area contributed by atoms with Gasteiger partial charge in [-0.25, -0.2) is 4.98 Å². The molecule has 0 spiro atoms. The van der Waals surface area contributed by atoms with Crippen LogP contribution < -0.4 is 4.90 Å². The zero-order valence-electron chi connectivity index (χ0n) is 10.2. The molecule has 1 atom stereocenters. The van der Waals surface area contributed by atoms with Gasteiger partial charge < -0.3 is 4.90 Å². The summed E-state index contributed by atoms with van der Waals surface area (Å²) in [5, 5.41) is 0. The van der Waals surface area contributed by atoms with Crippen molar-refractivity contribution in [3.8, 4) is 0 Å². The summed E-state index contributed by atoms with van der Waals surface area (Å²) in [7, 11) is 0. The topological polar surface area (TPSA) is 33.2 Å². The van der Waals surface area contributed by atoms with Gasteiger partial charge in [0.25, 0.3) is 0 Å². The van der Waals surface area contributed by atoms with E-state index < -0.39 is 0 Å². The number of rotatable bonds is 2. The summed E-state index contributed by atoms with van der Waals surface area (Å²) in [6.07, 6.45) is 5.01. The summed E-state index contributed by atoms with van der Waals surface area (Å²) in [5.41, 5.74) is 1.16. The van der Waals surface area contributed by atoms with Gasteiger partial charge in [0.15, 0.2) is 5.78 Å². The fourth-order valence-electron chi connectivity index (χ4n) is 2.33. The first-order valence-corrected chi connectivity index (χ1v) is 6.78. The SMILES string of the molecule is CC(=O)C1CCCCN1c1nccc(C)c1Br. The molecule has 17 heavy (non-hydrogen) atoms. The fraction of sp³-hybridized carbons (Fsp3) is 0.538. The Morgan fingerprint density at radius 2 is 2.29 bits per heavy atom. The lowest BCUT2D eigenvalue weighted by atomic mass is 9.99. The predicted molar refractivity (Wildman–Crippen MR) is 72.3 cm³/mol. The molecule has 0 radical (unpaired) electrons. The molecule has 2 heterocycles. The lowest BCUT2D eigenvalue weighted by Crippen LogP contribution is -2.44. The molecule has 92 valence electrons. The Morgan fingerprint density at radius 1 is 1.53 bits per heavy atom. The van der Waals surface area contributed by atoms with Crippen molar-refractivity contribution in [2.75, 3.05) is 11.4 Å². The Hall–Kier alpha value is -0.900. The number of Topliss-reactive ketones (excluding diaryl/α,β-unsaturated/α-hetero) is 1. The predicted octanol–water partition coefficient (Wildman–Crippen LogP) is 3.10. The summed E-state index contributed by atoms with van der Waals surface area (Å²) in [6, 6.07) is 1.97. The summed E-state index contributed by atoms with van der Waals surface area (Å²) >= 11 is 3.58.